The maximum Gasteiger partial charge on any atom is 0.129 e. The van der Waals surface area contributed by atoms with Gasteiger partial charge in [0.25, 0.3) is 0 Å². The van der Waals surface area contributed by atoms with E-state index in [1.165, 1.54) is 0 Å². The minimum absolute atomic E-state index is 0.0224. The van der Waals surface area contributed by atoms with Crippen LogP contribution in [-0.4, -0.2) is 4.98 Å². The Morgan fingerprint density at radius 2 is 2.18 bits per heavy atom. The molecule has 1 aromatic rings. The Morgan fingerprint density at radius 1 is 1.55 bits per heavy atom. The molecule has 1 atom stereocenters. The topological polar surface area (TPSA) is 38.9 Å². The summed E-state index contributed by atoms with van der Waals surface area (Å²) >= 11 is 5.73. The van der Waals surface area contributed by atoms with Crippen LogP contribution in [0.1, 0.15) is 24.2 Å². The number of aryl methyl sites for hydroxylation is 1. The van der Waals surface area contributed by atoms with Crippen LogP contribution in [0.5, 0.6) is 0 Å². The van der Waals surface area contributed by atoms with Gasteiger partial charge in [-0.25, -0.2) is 4.98 Å². The molecule has 60 valence electrons. The summed E-state index contributed by atoms with van der Waals surface area (Å²) in [5, 5.41) is 0.511. The predicted molar refractivity (Wildman–Crippen MR) is 46.6 cm³/mol. The van der Waals surface area contributed by atoms with Gasteiger partial charge in [0.2, 0.25) is 0 Å². The highest BCUT2D eigenvalue weighted by Crippen LogP contribution is 2.14. The standard InChI is InChI=1S/C8H11ClN2/c1-5-3-7(6(2)10)4-8(9)11-5/h3-4,6H,10H2,1-2H3/t6-/m1/s1. The van der Waals surface area contributed by atoms with E-state index in [-0.39, 0.29) is 6.04 Å². The van der Waals surface area contributed by atoms with Gasteiger partial charge in [-0.2, -0.15) is 0 Å². The van der Waals surface area contributed by atoms with E-state index < -0.39 is 0 Å². The van der Waals surface area contributed by atoms with Crippen molar-refractivity contribution in [3.63, 3.8) is 0 Å². The maximum absolute atomic E-state index is 5.73. The zero-order valence-corrected chi connectivity index (χ0v) is 7.39. The highest BCUT2D eigenvalue weighted by molar-refractivity contribution is 6.29. The molecule has 1 aromatic heterocycles. The van der Waals surface area contributed by atoms with Gasteiger partial charge in [0.1, 0.15) is 5.15 Å². The van der Waals surface area contributed by atoms with Crippen LogP contribution in [0.4, 0.5) is 0 Å². The van der Waals surface area contributed by atoms with Crippen molar-refractivity contribution in [2.24, 2.45) is 5.73 Å². The quantitative estimate of drug-likeness (QED) is 0.656. The minimum Gasteiger partial charge on any atom is -0.324 e. The van der Waals surface area contributed by atoms with E-state index in [1.807, 2.05) is 19.9 Å². The largest absolute Gasteiger partial charge is 0.324 e. The Kier molecular flexibility index (Phi) is 2.47. The van der Waals surface area contributed by atoms with Crippen LogP contribution >= 0.6 is 11.6 Å². The highest BCUT2D eigenvalue weighted by Gasteiger charge is 2.01. The van der Waals surface area contributed by atoms with Crippen molar-refractivity contribution < 1.29 is 0 Å². The molecule has 0 amide bonds. The van der Waals surface area contributed by atoms with Crippen LogP contribution in [0.15, 0.2) is 12.1 Å². The number of nitrogens with zero attached hydrogens (tertiary/aromatic N) is 1. The molecular weight excluding hydrogens is 160 g/mol. The summed E-state index contributed by atoms with van der Waals surface area (Å²) in [4.78, 5) is 4.03. The van der Waals surface area contributed by atoms with Crippen LogP contribution < -0.4 is 5.73 Å². The van der Waals surface area contributed by atoms with Gasteiger partial charge in [-0.3, -0.25) is 0 Å². The van der Waals surface area contributed by atoms with Crippen molar-refractivity contribution in [3.8, 4) is 0 Å². The van der Waals surface area contributed by atoms with Gasteiger partial charge in [-0.1, -0.05) is 11.6 Å². The number of pyridine rings is 1. The number of hydrogen-bond acceptors (Lipinski definition) is 2. The second kappa shape index (κ2) is 3.20. The van der Waals surface area contributed by atoms with E-state index in [2.05, 4.69) is 4.98 Å². The van der Waals surface area contributed by atoms with E-state index in [9.17, 15) is 0 Å². The molecule has 1 heterocycles. The molecule has 0 spiro atoms. The molecule has 2 nitrogen and oxygen atoms in total. The summed E-state index contributed by atoms with van der Waals surface area (Å²) in [5.74, 6) is 0. The molecule has 0 saturated heterocycles. The lowest BCUT2D eigenvalue weighted by Crippen LogP contribution is -2.05. The van der Waals surface area contributed by atoms with Gasteiger partial charge in [0, 0.05) is 11.7 Å². The van der Waals surface area contributed by atoms with Gasteiger partial charge < -0.3 is 5.73 Å². The highest BCUT2D eigenvalue weighted by atomic mass is 35.5. The molecule has 0 saturated carbocycles. The number of nitrogens with two attached hydrogens (primary N) is 1. The van der Waals surface area contributed by atoms with Crippen LogP contribution in [0, 0.1) is 6.92 Å². The summed E-state index contributed by atoms with van der Waals surface area (Å²) in [6.45, 7) is 3.82. The molecule has 11 heavy (non-hydrogen) atoms. The Bertz CT molecular complexity index is 238. The Morgan fingerprint density at radius 3 is 2.64 bits per heavy atom. The molecular formula is C8H11ClN2. The first-order valence-corrected chi connectivity index (χ1v) is 3.87. The van der Waals surface area contributed by atoms with Crippen molar-refractivity contribution in [1.29, 1.82) is 0 Å². The van der Waals surface area contributed by atoms with Gasteiger partial charge in [0.05, 0.1) is 0 Å². The molecule has 0 fully saturated rings. The fraction of sp³-hybridized carbons (Fsp3) is 0.375. The van der Waals surface area contributed by atoms with Crippen LogP contribution in [0.3, 0.4) is 0 Å². The first-order valence-electron chi connectivity index (χ1n) is 3.49. The zero-order valence-electron chi connectivity index (χ0n) is 6.63. The molecule has 0 aromatic carbocycles. The van der Waals surface area contributed by atoms with Crippen molar-refractivity contribution >= 4 is 11.6 Å². The molecule has 3 heteroatoms. The van der Waals surface area contributed by atoms with Gasteiger partial charge in [-0.15, -0.1) is 0 Å². The Labute approximate surface area is 71.4 Å². The predicted octanol–water partition coefficient (Wildman–Crippen LogP) is 2.06. The van der Waals surface area contributed by atoms with E-state index in [0.717, 1.165) is 11.3 Å². The maximum atomic E-state index is 5.73. The van der Waals surface area contributed by atoms with Gasteiger partial charge in [0.15, 0.2) is 0 Å². The van der Waals surface area contributed by atoms with Crippen molar-refractivity contribution in [1.82, 2.24) is 4.98 Å². The fourth-order valence-electron chi connectivity index (χ4n) is 0.916. The molecule has 1 rings (SSSR count). The number of rotatable bonds is 1. The smallest absolute Gasteiger partial charge is 0.129 e. The number of aromatic nitrogens is 1. The second-order valence-corrected chi connectivity index (χ2v) is 3.04. The van der Waals surface area contributed by atoms with Crippen molar-refractivity contribution in [3.05, 3.63) is 28.5 Å². The summed E-state index contributed by atoms with van der Waals surface area (Å²) < 4.78 is 0. The molecule has 0 aliphatic rings. The van der Waals surface area contributed by atoms with E-state index >= 15 is 0 Å². The second-order valence-electron chi connectivity index (χ2n) is 2.65. The molecule has 0 unspecified atom stereocenters. The first-order chi connectivity index (χ1) is 5.09. The molecule has 0 aliphatic carbocycles. The summed E-state index contributed by atoms with van der Waals surface area (Å²) in [5.41, 5.74) is 7.60. The summed E-state index contributed by atoms with van der Waals surface area (Å²) in [7, 11) is 0. The van der Waals surface area contributed by atoms with Crippen LogP contribution in [0.2, 0.25) is 5.15 Å². The van der Waals surface area contributed by atoms with Gasteiger partial charge >= 0.3 is 0 Å². The first kappa shape index (κ1) is 8.50. The monoisotopic (exact) mass is 170 g/mol. The summed E-state index contributed by atoms with van der Waals surface area (Å²) in [6, 6.07) is 3.75. The third-order valence-electron chi connectivity index (χ3n) is 1.47. The average molecular weight is 171 g/mol. The fourth-order valence-corrected chi connectivity index (χ4v) is 1.18. The lowest BCUT2D eigenvalue weighted by Gasteiger charge is -2.05. The average Bonchev–Trinajstić information content (AvgIpc) is 1.85. The molecule has 0 bridgehead atoms. The number of halogens is 1. The Balaban J connectivity index is 3.08. The molecule has 2 N–H and O–H groups in total. The summed E-state index contributed by atoms with van der Waals surface area (Å²) in [6.07, 6.45) is 0. The van der Waals surface area contributed by atoms with Crippen LogP contribution in [-0.2, 0) is 0 Å². The van der Waals surface area contributed by atoms with E-state index in [1.54, 1.807) is 6.07 Å². The number of hydrogen-bond donors (Lipinski definition) is 1. The van der Waals surface area contributed by atoms with Crippen molar-refractivity contribution in [2.75, 3.05) is 0 Å². The third kappa shape index (κ3) is 2.17. The molecule has 0 aliphatic heterocycles. The van der Waals surface area contributed by atoms with Crippen molar-refractivity contribution in [2.45, 2.75) is 19.9 Å². The van der Waals surface area contributed by atoms with Gasteiger partial charge in [-0.05, 0) is 31.5 Å². The van der Waals surface area contributed by atoms with E-state index in [4.69, 9.17) is 17.3 Å². The normalized spacial score (nSPS) is 13.1. The Hall–Kier alpha value is -0.600. The minimum atomic E-state index is 0.0224. The molecule has 0 radical (unpaired) electrons. The van der Waals surface area contributed by atoms with E-state index in [0.29, 0.717) is 5.15 Å². The SMILES string of the molecule is Cc1cc([C@@H](C)N)cc(Cl)n1. The zero-order chi connectivity index (χ0) is 8.43. The lowest BCUT2D eigenvalue weighted by atomic mass is 10.1. The third-order valence-corrected chi connectivity index (χ3v) is 1.66. The lowest BCUT2D eigenvalue weighted by molar-refractivity contribution is 0.813. The van der Waals surface area contributed by atoms with Crippen LogP contribution in [0.25, 0.3) is 0 Å².